The molecule has 41 heteroatoms. The Kier molecular flexibility index (Phi) is 28.4. The maximum Gasteiger partial charge on any atom is 0.490 e. The third-order valence-electron chi connectivity index (χ3n) is 10.6. The number of nitrogens with one attached hydrogen (secondary N) is 4. The number of carbonyl (C=O) groups is 5. The molecule has 0 spiro atoms. The van der Waals surface area contributed by atoms with Crippen LogP contribution in [0.15, 0.2) is 23.8 Å². The fourth-order valence-corrected chi connectivity index (χ4v) is 14.9. The molecular formula is C41H59F3N4O28P6. The molecule has 0 aromatic heterocycles. The number of phosphoric acid groups is 6. The molecule has 462 valence electrons. The minimum atomic E-state index is -6.54. The van der Waals surface area contributed by atoms with Crippen molar-refractivity contribution in [3.8, 4) is 36.2 Å². The van der Waals surface area contributed by atoms with Gasteiger partial charge in [-0.1, -0.05) is 37.2 Å². The molecule has 0 radical (unpaired) electrons. The zero-order valence-corrected chi connectivity index (χ0v) is 48.3. The maximum atomic E-state index is 13.1. The lowest BCUT2D eigenvalue weighted by Crippen LogP contribution is -2.44. The Morgan fingerprint density at radius 2 is 1.20 bits per heavy atom. The molecule has 1 fully saturated rings. The van der Waals surface area contributed by atoms with Crippen LogP contribution in [0.1, 0.15) is 87.1 Å². The van der Waals surface area contributed by atoms with Gasteiger partial charge in [-0.25, -0.2) is 27.4 Å². The average molecular weight is 1300 g/mol. The van der Waals surface area contributed by atoms with E-state index in [4.69, 9.17) is 27.1 Å². The first kappa shape index (κ1) is 72.1. The molecule has 32 nitrogen and oxygen atoms in total. The van der Waals surface area contributed by atoms with Gasteiger partial charge in [0.15, 0.2) is 0 Å². The van der Waals surface area contributed by atoms with Gasteiger partial charge >= 0.3 is 59.0 Å². The van der Waals surface area contributed by atoms with Crippen LogP contribution in [0, 0.1) is 30.6 Å². The summed E-state index contributed by atoms with van der Waals surface area (Å²) in [6, 6.07) is 2.74. The number of phosphoric ester groups is 2. The number of imide groups is 1. The van der Waals surface area contributed by atoms with Crippen LogP contribution in [-0.2, 0) is 88.3 Å². The molecule has 1 aromatic carbocycles. The minimum Gasteiger partial charge on any atom is -0.481 e. The van der Waals surface area contributed by atoms with Gasteiger partial charge in [0.1, 0.15) is 30.8 Å². The van der Waals surface area contributed by atoms with E-state index in [1.807, 2.05) is 0 Å². The highest BCUT2D eigenvalue weighted by atomic mass is 31.3. The maximum absolute atomic E-state index is 13.1. The van der Waals surface area contributed by atoms with Crippen molar-refractivity contribution in [3.63, 3.8) is 0 Å². The lowest BCUT2D eigenvalue weighted by atomic mass is 9.93. The molecule has 0 bridgehead atoms. The van der Waals surface area contributed by atoms with Gasteiger partial charge in [-0.2, -0.15) is 34.7 Å². The third kappa shape index (κ3) is 26.8. The number of hydrogen-bond acceptors (Lipinski definition) is 22. The van der Waals surface area contributed by atoms with E-state index in [-0.39, 0.29) is 99.9 Å². The number of aliphatic hydroxyl groups excluding tert-OH is 1. The highest BCUT2D eigenvalue weighted by Crippen LogP contribution is 2.75. The molecule has 0 aliphatic carbocycles. The number of alkyl halides is 3. The van der Waals surface area contributed by atoms with Gasteiger partial charge < -0.3 is 64.6 Å². The number of ether oxygens (including phenoxy) is 3. The topological polar surface area (TPSA) is 470 Å². The largest absolute Gasteiger partial charge is 0.490 e. The summed E-state index contributed by atoms with van der Waals surface area (Å²) in [5.74, 6) is -0.717. The smallest absolute Gasteiger partial charge is 0.481 e. The number of rotatable bonds is 37. The SMILES string of the molecule is C#CCOc1cc(C(=O)NCCCCCC(=O)NCCCCCCOP(=O)(O)OP(=O)(O)OP(=O)(O)OP(=O)(O)OP(=O)(O)OP(=O)(O)OC[C@H]2O[C@@H](C3C=C(C)C(=O)NC3=O)CC2O)cc(OCC#C)c1CCCNC(=O)C(F)(F)F. The minimum absolute atomic E-state index is 0.00129. The van der Waals surface area contributed by atoms with Gasteiger partial charge in [0.2, 0.25) is 11.8 Å². The summed E-state index contributed by atoms with van der Waals surface area (Å²) >= 11 is 0. The van der Waals surface area contributed by atoms with E-state index in [0.29, 0.717) is 37.7 Å². The summed E-state index contributed by atoms with van der Waals surface area (Å²) in [5, 5.41) is 19.5. The first-order valence-electron chi connectivity index (χ1n) is 23.9. The van der Waals surface area contributed by atoms with E-state index in [9.17, 15) is 99.0 Å². The Morgan fingerprint density at radius 1 is 0.707 bits per heavy atom. The van der Waals surface area contributed by atoms with Gasteiger partial charge in [-0.3, -0.25) is 38.3 Å². The average Bonchev–Trinajstić information content (AvgIpc) is 3.84. The third-order valence-corrected chi connectivity index (χ3v) is 19.9. The van der Waals surface area contributed by atoms with Crippen LogP contribution in [-0.4, -0.2) is 135 Å². The second-order valence-corrected chi connectivity index (χ2v) is 26.6. The van der Waals surface area contributed by atoms with E-state index in [0.717, 1.165) is 0 Å². The number of terminal acetylenes is 2. The zero-order chi connectivity index (χ0) is 61.7. The number of amides is 5. The molecule has 1 aromatic rings. The van der Waals surface area contributed by atoms with Gasteiger partial charge in [0.05, 0.1) is 31.3 Å². The molecule has 1 saturated heterocycles. The summed E-state index contributed by atoms with van der Waals surface area (Å²) in [7, 11) is -37.2. The van der Waals surface area contributed by atoms with Crippen LogP contribution in [0.2, 0.25) is 0 Å². The second-order valence-electron chi connectivity index (χ2n) is 17.2. The number of hydrogen-bond donors (Lipinski definition) is 11. The number of benzene rings is 1. The van der Waals surface area contributed by atoms with Crippen LogP contribution in [0.3, 0.4) is 0 Å². The molecule has 10 atom stereocenters. The number of halogens is 3. The Morgan fingerprint density at radius 3 is 1.73 bits per heavy atom. The van der Waals surface area contributed by atoms with Crippen molar-refractivity contribution >= 4 is 76.5 Å². The van der Waals surface area contributed by atoms with E-state index in [1.165, 1.54) is 25.1 Å². The second kappa shape index (κ2) is 32.3. The summed E-state index contributed by atoms with van der Waals surface area (Å²) in [6.07, 6.45) is 5.26. The highest BCUT2D eigenvalue weighted by molar-refractivity contribution is 7.72. The molecule has 82 heavy (non-hydrogen) atoms. The Bertz CT molecular complexity index is 2830. The highest BCUT2D eigenvalue weighted by Gasteiger charge is 2.50. The molecule has 2 aliphatic heterocycles. The van der Waals surface area contributed by atoms with Crippen molar-refractivity contribution in [2.45, 2.75) is 102 Å². The normalized spacial score (nSPS) is 21.7. The summed E-state index contributed by atoms with van der Waals surface area (Å²) < 4.78 is 155. The zero-order valence-electron chi connectivity index (χ0n) is 42.9. The molecule has 2 heterocycles. The van der Waals surface area contributed by atoms with Crippen molar-refractivity contribution in [1.29, 1.82) is 0 Å². The molecule has 5 amide bonds. The molecule has 0 saturated carbocycles. The molecule has 8 unspecified atom stereocenters. The van der Waals surface area contributed by atoms with Crippen LogP contribution in [0.4, 0.5) is 13.2 Å². The predicted molar refractivity (Wildman–Crippen MR) is 271 cm³/mol. The Balaban J connectivity index is 1.32. The van der Waals surface area contributed by atoms with Crippen LogP contribution >= 0.6 is 46.9 Å². The number of carbonyl (C=O) groups excluding carboxylic acids is 5. The Labute approximate surface area is 465 Å². The summed E-state index contributed by atoms with van der Waals surface area (Å²) in [6.45, 7) is -0.726. The molecular weight excluding hydrogens is 1240 g/mol. The quantitative estimate of drug-likeness (QED) is 0.0196. The molecule has 11 N–H and O–H groups in total. The van der Waals surface area contributed by atoms with E-state index in [2.05, 4.69) is 58.4 Å². The fraction of sp³-hybridized carbons (Fsp3) is 0.585. The lowest BCUT2D eigenvalue weighted by molar-refractivity contribution is -0.173. The molecule has 3 rings (SSSR count). The first-order chi connectivity index (χ1) is 38.0. The van der Waals surface area contributed by atoms with Crippen LogP contribution in [0.25, 0.3) is 0 Å². The van der Waals surface area contributed by atoms with E-state index < -0.39 is 114 Å². The van der Waals surface area contributed by atoms with Crippen molar-refractivity contribution in [2.75, 3.05) is 46.1 Å². The van der Waals surface area contributed by atoms with Gasteiger partial charge in [-0.05, 0) is 57.6 Å². The Hall–Kier alpha value is -4.20. The number of unbranched alkanes of at least 4 members (excludes halogenated alkanes) is 5. The van der Waals surface area contributed by atoms with Crippen molar-refractivity contribution < 1.29 is 144 Å². The van der Waals surface area contributed by atoms with Gasteiger partial charge in [0, 0.05) is 49.2 Å². The fourth-order valence-electron chi connectivity index (χ4n) is 7.09. The lowest BCUT2D eigenvalue weighted by Gasteiger charge is -2.24. The summed E-state index contributed by atoms with van der Waals surface area (Å²) in [4.78, 5) is 119. The standard InChI is InChI=1S/C41H59F3N4O28P6/c1-4-19-67-32-23-28(24-33(68-20-5-2)29(32)14-13-18-47-40(54)41(42,43)44)38(52)46-17-11-8-9-15-36(50)45-16-10-6-7-12-21-69-77(55,56)72-79(59,60)74-81(63,64)76-82(65,66)75-80(61,62)73-78(57,58)70-26-35-31(49)25-34(71-35)30-22-27(3)37(51)48-39(30)53/h1-2,22-24,30-31,34-35,49H,6-21,25-26H2,3H3,(H,45,50)(H,46,52)(H,47,54)(H,55,56)(H,57,58)(H,59,60)(H,61,62)(H,63,64)(H,65,66)(H,48,51,53)/t30?,31?,34-,35-/m1/s1. The summed E-state index contributed by atoms with van der Waals surface area (Å²) in [5.41, 5.74) is 0.577. The van der Waals surface area contributed by atoms with Crippen molar-refractivity contribution in [1.82, 2.24) is 21.3 Å². The van der Waals surface area contributed by atoms with E-state index >= 15 is 0 Å². The van der Waals surface area contributed by atoms with E-state index in [1.54, 1.807) is 5.32 Å². The van der Waals surface area contributed by atoms with Crippen LogP contribution < -0.4 is 30.7 Å². The van der Waals surface area contributed by atoms with Gasteiger partial charge in [0.25, 0.3) is 11.8 Å². The van der Waals surface area contributed by atoms with Crippen LogP contribution in [0.5, 0.6) is 11.5 Å². The predicted octanol–water partition coefficient (Wildman–Crippen LogP) is 3.74. The van der Waals surface area contributed by atoms with Crippen molar-refractivity contribution in [2.24, 2.45) is 5.92 Å². The monoisotopic (exact) mass is 1300 g/mol. The van der Waals surface area contributed by atoms with Crippen molar-refractivity contribution in [3.05, 3.63) is 34.9 Å². The molecule has 2 aliphatic rings. The first-order valence-corrected chi connectivity index (χ1v) is 32.8. The van der Waals surface area contributed by atoms with Gasteiger partial charge in [-0.15, -0.1) is 12.8 Å². The number of aliphatic hydroxyl groups is 1.